The van der Waals surface area contributed by atoms with Gasteiger partial charge in [0, 0.05) is 11.8 Å². The molecule has 0 aliphatic heterocycles. The maximum atomic E-state index is 12.1. The van der Waals surface area contributed by atoms with E-state index in [0.717, 1.165) is 5.56 Å². The molecule has 1 atom stereocenters. The molecule has 0 radical (unpaired) electrons. The molecule has 114 valence electrons. The van der Waals surface area contributed by atoms with Gasteiger partial charge in [-0.15, -0.1) is 0 Å². The van der Waals surface area contributed by atoms with Gasteiger partial charge < -0.3 is 10.1 Å². The summed E-state index contributed by atoms with van der Waals surface area (Å²) in [6.45, 7) is 3.52. The van der Waals surface area contributed by atoms with Crippen molar-refractivity contribution < 1.29 is 14.5 Å². The Kier molecular flexibility index (Phi) is 4.73. The first-order chi connectivity index (χ1) is 10.5. The number of non-ortho nitro benzene ring substituents is 1. The average Bonchev–Trinajstić information content (AvgIpc) is 2.47. The van der Waals surface area contributed by atoms with E-state index in [1.54, 1.807) is 19.1 Å². The number of aryl methyl sites for hydroxylation is 1. The van der Waals surface area contributed by atoms with Gasteiger partial charge in [-0.05, 0) is 37.6 Å². The van der Waals surface area contributed by atoms with E-state index in [1.165, 1.54) is 18.2 Å². The van der Waals surface area contributed by atoms with Crippen molar-refractivity contribution in [1.29, 1.82) is 0 Å². The Hall–Kier alpha value is -2.89. The van der Waals surface area contributed by atoms with Gasteiger partial charge in [-0.1, -0.05) is 18.2 Å². The van der Waals surface area contributed by atoms with Gasteiger partial charge in [-0.2, -0.15) is 0 Å². The van der Waals surface area contributed by atoms with Crippen LogP contribution in [-0.4, -0.2) is 16.9 Å². The highest BCUT2D eigenvalue weighted by Crippen LogP contribution is 2.20. The summed E-state index contributed by atoms with van der Waals surface area (Å²) < 4.78 is 5.45. The lowest BCUT2D eigenvalue weighted by Gasteiger charge is -2.14. The number of nitrogens with zero attached hydrogens (tertiary/aromatic N) is 1. The van der Waals surface area contributed by atoms with Gasteiger partial charge in [0.1, 0.15) is 5.75 Å². The number of rotatable bonds is 5. The molecule has 1 amide bonds. The number of hydrogen-bond donors (Lipinski definition) is 1. The topological polar surface area (TPSA) is 81.5 Å². The van der Waals surface area contributed by atoms with E-state index >= 15 is 0 Å². The normalized spacial score (nSPS) is 11.5. The molecule has 6 heteroatoms. The van der Waals surface area contributed by atoms with E-state index in [2.05, 4.69) is 5.32 Å². The molecule has 2 aromatic rings. The molecule has 0 unspecified atom stereocenters. The first-order valence-corrected chi connectivity index (χ1v) is 6.74. The minimum Gasteiger partial charge on any atom is -0.481 e. The van der Waals surface area contributed by atoms with Crippen LogP contribution in [0.5, 0.6) is 5.75 Å². The highest BCUT2D eigenvalue weighted by molar-refractivity contribution is 5.94. The van der Waals surface area contributed by atoms with Crippen LogP contribution in [0.25, 0.3) is 0 Å². The van der Waals surface area contributed by atoms with Gasteiger partial charge in [0.15, 0.2) is 6.10 Å². The number of amides is 1. The molecule has 0 aromatic heterocycles. The zero-order valence-corrected chi connectivity index (χ0v) is 12.3. The predicted molar refractivity (Wildman–Crippen MR) is 83.0 cm³/mol. The van der Waals surface area contributed by atoms with Crippen LogP contribution in [0.1, 0.15) is 12.5 Å². The fraction of sp³-hybridized carbons (Fsp3) is 0.188. The Balaban J connectivity index is 2.02. The fourth-order valence-corrected chi connectivity index (χ4v) is 1.89. The van der Waals surface area contributed by atoms with Gasteiger partial charge >= 0.3 is 0 Å². The smallest absolute Gasteiger partial charge is 0.273 e. The minimum atomic E-state index is -0.775. The zero-order chi connectivity index (χ0) is 16.1. The molecule has 0 saturated carbocycles. The summed E-state index contributed by atoms with van der Waals surface area (Å²) in [4.78, 5) is 22.3. The third kappa shape index (κ3) is 4.05. The summed E-state index contributed by atoms with van der Waals surface area (Å²) in [6, 6.07) is 13.1. The summed E-state index contributed by atoms with van der Waals surface area (Å²) in [7, 11) is 0. The summed E-state index contributed by atoms with van der Waals surface area (Å²) in [5, 5.41) is 13.5. The number of carbonyl (C=O) groups is 1. The third-order valence-electron chi connectivity index (χ3n) is 3.00. The molecule has 0 aliphatic carbocycles. The van der Waals surface area contributed by atoms with Crippen LogP contribution in [0.4, 0.5) is 11.4 Å². The Morgan fingerprint density at radius 2 is 1.95 bits per heavy atom. The Labute approximate surface area is 127 Å². The summed E-state index contributed by atoms with van der Waals surface area (Å²) in [5.74, 6) is -0.0433. The van der Waals surface area contributed by atoms with Crippen molar-refractivity contribution in [3.63, 3.8) is 0 Å². The Bertz CT molecular complexity index is 700. The molecule has 0 spiro atoms. The van der Waals surface area contributed by atoms with Crippen molar-refractivity contribution in [2.24, 2.45) is 0 Å². The van der Waals surface area contributed by atoms with Gasteiger partial charge in [-0.25, -0.2) is 0 Å². The molecule has 0 fully saturated rings. The van der Waals surface area contributed by atoms with Gasteiger partial charge in [-0.3, -0.25) is 14.9 Å². The van der Waals surface area contributed by atoms with Crippen LogP contribution in [0.3, 0.4) is 0 Å². The molecular weight excluding hydrogens is 284 g/mol. The van der Waals surface area contributed by atoms with E-state index < -0.39 is 11.0 Å². The van der Waals surface area contributed by atoms with Crippen molar-refractivity contribution in [3.8, 4) is 5.75 Å². The highest BCUT2D eigenvalue weighted by atomic mass is 16.6. The SMILES string of the molecule is Cc1cccc(NC(=O)[C@@H](C)Oc2cccc([N+](=O)[O-])c2)c1. The first-order valence-electron chi connectivity index (χ1n) is 6.74. The van der Waals surface area contributed by atoms with Crippen LogP contribution in [0, 0.1) is 17.0 Å². The molecule has 0 bridgehead atoms. The summed E-state index contributed by atoms with van der Waals surface area (Å²) in [6.07, 6.45) is -0.775. The van der Waals surface area contributed by atoms with Crippen LogP contribution in [-0.2, 0) is 4.79 Å². The van der Waals surface area contributed by atoms with Crippen LogP contribution in [0.2, 0.25) is 0 Å². The number of ether oxygens (including phenoxy) is 1. The molecule has 2 aromatic carbocycles. The number of nitro groups is 1. The number of carbonyl (C=O) groups excluding carboxylic acids is 1. The Morgan fingerprint density at radius 1 is 1.23 bits per heavy atom. The molecule has 0 saturated heterocycles. The average molecular weight is 300 g/mol. The number of anilines is 1. The van der Waals surface area contributed by atoms with Crippen LogP contribution >= 0.6 is 0 Å². The van der Waals surface area contributed by atoms with Crippen molar-refractivity contribution in [2.45, 2.75) is 20.0 Å². The number of benzene rings is 2. The number of nitro benzene ring substituents is 1. The summed E-state index contributed by atoms with van der Waals surface area (Å²) >= 11 is 0. The number of nitrogens with one attached hydrogen (secondary N) is 1. The van der Waals surface area contributed by atoms with Crippen molar-refractivity contribution >= 4 is 17.3 Å². The monoisotopic (exact) mass is 300 g/mol. The van der Waals surface area contributed by atoms with E-state index in [4.69, 9.17) is 4.74 Å². The van der Waals surface area contributed by atoms with E-state index in [-0.39, 0.29) is 17.3 Å². The van der Waals surface area contributed by atoms with Crippen molar-refractivity contribution in [2.75, 3.05) is 5.32 Å². The quantitative estimate of drug-likeness (QED) is 0.678. The van der Waals surface area contributed by atoms with E-state index in [0.29, 0.717) is 5.69 Å². The van der Waals surface area contributed by atoms with Crippen molar-refractivity contribution in [3.05, 3.63) is 64.2 Å². The maximum absolute atomic E-state index is 12.1. The second kappa shape index (κ2) is 6.71. The molecule has 0 heterocycles. The molecule has 2 rings (SSSR count). The fourth-order valence-electron chi connectivity index (χ4n) is 1.89. The second-order valence-electron chi connectivity index (χ2n) is 4.87. The molecule has 0 aliphatic rings. The molecular formula is C16H16N2O4. The van der Waals surface area contributed by atoms with Gasteiger partial charge in [0.2, 0.25) is 0 Å². The highest BCUT2D eigenvalue weighted by Gasteiger charge is 2.16. The Morgan fingerprint density at radius 3 is 2.64 bits per heavy atom. The van der Waals surface area contributed by atoms with Crippen LogP contribution in [0.15, 0.2) is 48.5 Å². The zero-order valence-electron chi connectivity index (χ0n) is 12.3. The molecule has 22 heavy (non-hydrogen) atoms. The summed E-state index contributed by atoms with van der Waals surface area (Å²) in [5.41, 5.74) is 1.63. The minimum absolute atomic E-state index is 0.0798. The van der Waals surface area contributed by atoms with Crippen LogP contribution < -0.4 is 10.1 Å². The van der Waals surface area contributed by atoms with Gasteiger partial charge in [0.05, 0.1) is 11.0 Å². The van der Waals surface area contributed by atoms with E-state index in [1.807, 2.05) is 25.1 Å². The first kappa shape index (κ1) is 15.5. The van der Waals surface area contributed by atoms with Gasteiger partial charge in [0.25, 0.3) is 11.6 Å². The number of hydrogen-bond acceptors (Lipinski definition) is 4. The maximum Gasteiger partial charge on any atom is 0.273 e. The van der Waals surface area contributed by atoms with Crippen molar-refractivity contribution in [1.82, 2.24) is 0 Å². The largest absolute Gasteiger partial charge is 0.481 e. The predicted octanol–water partition coefficient (Wildman–Crippen LogP) is 3.31. The third-order valence-corrected chi connectivity index (χ3v) is 3.00. The van der Waals surface area contributed by atoms with E-state index in [9.17, 15) is 14.9 Å². The molecule has 6 nitrogen and oxygen atoms in total. The lowest BCUT2D eigenvalue weighted by atomic mass is 10.2. The molecule has 1 N–H and O–H groups in total. The standard InChI is InChI=1S/C16H16N2O4/c1-11-5-3-6-13(9-11)17-16(19)12(2)22-15-8-4-7-14(10-15)18(20)21/h3-10,12H,1-2H3,(H,17,19)/t12-/m1/s1. The lowest BCUT2D eigenvalue weighted by molar-refractivity contribution is -0.384. The second-order valence-corrected chi connectivity index (χ2v) is 4.87. The lowest BCUT2D eigenvalue weighted by Crippen LogP contribution is -2.30.